The lowest BCUT2D eigenvalue weighted by atomic mass is 10.0. The van der Waals surface area contributed by atoms with Crippen molar-refractivity contribution in [1.82, 2.24) is 0 Å². The van der Waals surface area contributed by atoms with Gasteiger partial charge >= 0.3 is 39.5 Å². The van der Waals surface area contributed by atoms with Gasteiger partial charge in [-0.1, -0.05) is 356 Å². The molecular weight excluding hydrogens is 1260 g/mol. The number of esters is 4. The highest BCUT2D eigenvalue weighted by molar-refractivity contribution is 7.47. The maximum absolute atomic E-state index is 13.1. The normalized spacial score (nSPS) is 13.9. The number of aliphatic hydroxyl groups excluding tert-OH is 1. The first-order chi connectivity index (χ1) is 46.5. The van der Waals surface area contributed by atoms with Gasteiger partial charge in [-0.2, -0.15) is 0 Å². The van der Waals surface area contributed by atoms with Crippen LogP contribution >= 0.6 is 15.6 Å². The number of rotatable bonds is 77. The van der Waals surface area contributed by atoms with E-state index in [0.717, 1.165) is 95.8 Å². The second-order valence-electron chi connectivity index (χ2n) is 28.2. The molecule has 570 valence electrons. The summed E-state index contributed by atoms with van der Waals surface area (Å²) in [4.78, 5) is 72.9. The van der Waals surface area contributed by atoms with Crippen LogP contribution in [-0.4, -0.2) is 96.7 Å². The predicted molar refractivity (Wildman–Crippen MR) is 391 cm³/mol. The van der Waals surface area contributed by atoms with Crippen LogP contribution in [-0.2, 0) is 65.4 Å². The van der Waals surface area contributed by atoms with E-state index in [1.807, 2.05) is 0 Å². The third-order valence-electron chi connectivity index (χ3n) is 18.0. The summed E-state index contributed by atoms with van der Waals surface area (Å²) in [5, 5.41) is 10.6. The number of carbonyl (C=O) groups is 4. The number of ether oxygens (including phenoxy) is 4. The SMILES string of the molecule is CCCCCCCCCCCCCCCCCCCCC(=O)O[C@H](COC(=O)CCCCCCCCCCCCCCC)COP(=O)(O)OC[C@@H](O)COP(=O)(O)OC[C@@H](COC(=O)CCCCCCCCCCCC(C)C)OC(=O)CCCCCCCCCCCCCCC. The van der Waals surface area contributed by atoms with Gasteiger partial charge in [0.2, 0.25) is 0 Å². The van der Waals surface area contributed by atoms with E-state index < -0.39 is 97.5 Å². The third kappa shape index (κ3) is 70.5. The Morgan fingerprint density at radius 3 is 0.708 bits per heavy atom. The first kappa shape index (κ1) is 94.1. The maximum Gasteiger partial charge on any atom is 0.472 e. The van der Waals surface area contributed by atoms with Gasteiger partial charge in [0.25, 0.3) is 0 Å². The van der Waals surface area contributed by atoms with Crippen LogP contribution in [0.2, 0.25) is 0 Å². The summed E-state index contributed by atoms with van der Waals surface area (Å²) in [6.07, 6.45) is 59.5. The molecule has 0 aromatic rings. The minimum atomic E-state index is -4.96. The fraction of sp³-hybridized carbons (Fsp3) is 0.948. The topological polar surface area (TPSA) is 237 Å². The molecule has 0 bridgehead atoms. The average Bonchev–Trinajstić information content (AvgIpc) is 1.37. The van der Waals surface area contributed by atoms with Crippen molar-refractivity contribution in [1.29, 1.82) is 0 Å². The van der Waals surface area contributed by atoms with Gasteiger partial charge < -0.3 is 33.8 Å². The number of hydrogen-bond acceptors (Lipinski definition) is 15. The molecule has 0 aromatic carbocycles. The van der Waals surface area contributed by atoms with E-state index in [1.165, 1.54) is 231 Å². The molecule has 2 unspecified atom stereocenters. The first-order valence-corrected chi connectivity index (χ1v) is 43.1. The average molecular weight is 1410 g/mol. The lowest BCUT2D eigenvalue weighted by Crippen LogP contribution is -2.30. The summed E-state index contributed by atoms with van der Waals surface area (Å²) in [5.41, 5.74) is 0. The van der Waals surface area contributed by atoms with E-state index in [1.54, 1.807) is 0 Å². The number of unbranched alkanes of at least 4 members (excludes halogenated alkanes) is 49. The van der Waals surface area contributed by atoms with Crippen LogP contribution in [0.5, 0.6) is 0 Å². The lowest BCUT2D eigenvalue weighted by Gasteiger charge is -2.21. The van der Waals surface area contributed by atoms with E-state index >= 15 is 0 Å². The standard InChI is InChI=1S/C77H150O17P2/c1-6-9-12-15-18-21-24-27-28-29-30-31-34-37-42-48-53-58-63-77(82)93-72(66-87-74(79)60-55-50-45-40-35-32-25-22-19-16-13-10-7-2)68-91-95(83,84)89-64-71(78)65-90-96(85,86)92-69-73(67-88-75(80)61-56-51-46-43-38-39-44-49-54-59-70(4)5)94-76(81)62-57-52-47-41-36-33-26-23-20-17-14-11-8-3/h70-73,78H,6-69H2,1-5H3,(H,83,84)(H,85,86)/t71-,72-,73-/m1/s1. The van der Waals surface area contributed by atoms with Gasteiger partial charge in [-0.3, -0.25) is 37.3 Å². The second kappa shape index (κ2) is 70.1. The molecule has 3 N–H and O–H groups in total. The van der Waals surface area contributed by atoms with Gasteiger partial charge in [0.1, 0.15) is 19.3 Å². The van der Waals surface area contributed by atoms with Crippen LogP contribution < -0.4 is 0 Å². The van der Waals surface area contributed by atoms with Crippen LogP contribution in [0.3, 0.4) is 0 Å². The highest BCUT2D eigenvalue weighted by Crippen LogP contribution is 2.45. The van der Waals surface area contributed by atoms with E-state index in [-0.39, 0.29) is 25.7 Å². The van der Waals surface area contributed by atoms with Crippen molar-refractivity contribution in [3.05, 3.63) is 0 Å². The summed E-state index contributed by atoms with van der Waals surface area (Å²) in [7, 11) is -9.91. The van der Waals surface area contributed by atoms with Gasteiger partial charge in [0, 0.05) is 25.7 Å². The van der Waals surface area contributed by atoms with E-state index in [9.17, 15) is 43.2 Å². The number of hydrogen-bond donors (Lipinski definition) is 3. The number of phosphoric acid groups is 2. The van der Waals surface area contributed by atoms with Crippen molar-refractivity contribution < 1.29 is 80.2 Å². The van der Waals surface area contributed by atoms with E-state index in [4.69, 9.17) is 37.0 Å². The van der Waals surface area contributed by atoms with Crippen molar-refractivity contribution in [2.24, 2.45) is 5.92 Å². The minimum absolute atomic E-state index is 0.108. The Bertz CT molecular complexity index is 1840. The third-order valence-corrected chi connectivity index (χ3v) is 19.9. The Hall–Kier alpha value is -1.94. The molecule has 0 rings (SSSR count). The van der Waals surface area contributed by atoms with Gasteiger partial charge in [-0.05, 0) is 31.6 Å². The summed E-state index contributed by atoms with van der Waals surface area (Å²) in [6.45, 7) is 7.29. The summed E-state index contributed by atoms with van der Waals surface area (Å²) < 4.78 is 68.6. The Balaban J connectivity index is 5.25. The fourth-order valence-corrected chi connectivity index (χ4v) is 13.5. The van der Waals surface area contributed by atoms with Crippen molar-refractivity contribution in [3.63, 3.8) is 0 Å². The van der Waals surface area contributed by atoms with Gasteiger partial charge in [-0.15, -0.1) is 0 Å². The fourth-order valence-electron chi connectivity index (χ4n) is 11.9. The molecule has 96 heavy (non-hydrogen) atoms. The second-order valence-corrected chi connectivity index (χ2v) is 31.1. The molecule has 0 aliphatic rings. The van der Waals surface area contributed by atoms with Gasteiger partial charge in [0.15, 0.2) is 12.2 Å². The van der Waals surface area contributed by atoms with E-state index in [0.29, 0.717) is 25.7 Å². The van der Waals surface area contributed by atoms with Crippen LogP contribution in [0.4, 0.5) is 0 Å². The quantitative estimate of drug-likeness (QED) is 0.0222. The monoisotopic (exact) mass is 1410 g/mol. The molecule has 0 aromatic heterocycles. The summed E-state index contributed by atoms with van der Waals surface area (Å²) >= 11 is 0. The van der Waals surface area contributed by atoms with E-state index in [2.05, 4.69) is 34.6 Å². The molecule has 0 fully saturated rings. The highest BCUT2D eigenvalue weighted by atomic mass is 31.2. The van der Waals surface area contributed by atoms with Crippen molar-refractivity contribution in [2.45, 2.75) is 425 Å². The Labute approximate surface area is 588 Å². The lowest BCUT2D eigenvalue weighted by molar-refractivity contribution is -0.161. The molecule has 5 atom stereocenters. The summed E-state index contributed by atoms with van der Waals surface area (Å²) in [5.74, 6) is -1.37. The van der Waals surface area contributed by atoms with Crippen LogP contribution in [0.1, 0.15) is 407 Å². The Kier molecular flexibility index (Phi) is 68.7. The molecule has 0 heterocycles. The predicted octanol–water partition coefficient (Wildman–Crippen LogP) is 22.9. The number of carbonyl (C=O) groups excluding carboxylic acids is 4. The molecule has 0 saturated carbocycles. The summed E-state index contributed by atoms with van der Waals surface area (Å²) in [6, 6.07) is 0. The molecule has 0 amide bonds. The molecular formula is C77H150O17P2. The molecule has 0 saturated heterocycles. The molecule has 0 aliphatic carbocycles. The molecule has 19 heteroatoms. The van der Waals surface area contributed by atoms with Crippen molar-refractivity contribution in [3.8, 4) is 0 Å². The van der Waals surface area contributed by atoms with Gasteiger partial charge in [-0.25, -0.2) is 9.13 Å². The minimum Gasteiger partial charge on any atom is -0.462 e. The maximum atomic E-state index is 13.1. The first-order valence-electron chi connectivity index (χ1n) is 40.1. The molecule has 17 nitrogen and oxygen atoms in total. The molecule has 0 radical (unpaired) electrons. The van der Waals surface area contributed by atoms with Crippen LogP contribution in [0.25, 0.3) is 0 Å². The largest absolute Gasteiger partial charge is 0.472 e. The molecule has 0 aliphatic heterocycles. The zero-order valence-electron chi connectivity index (χ0n) is 62.5. The van der Waals surface area contributed by atoms with Crippen molar-refractivity contribution in [2.75, 3.05) is 39.6 Å². The van der Waals surface area contributed by atoms with Crippen LogP contribution in [0, 0.1) is 5.92 Å². The Morgan fingerprint density at radius 1 is 0.281 bits per heavy atom. The van der Waals surface area contributed by atoms with Crippen LogP contribution in [0.15, 0.2) is 0 Å². The van der Waals surface area contributed by atoms with Crippen molar-refractivity contribution >= 4 is 39.5 Å². The zero-order chi connectivity index (χ0) is 70.5. The van der Waals surface area contributed by atoms with Gasteiger partial charge in [0.05, 0.1) is 26.4 Å². The number of phosphoric ester groups is 2. The smallest absolute Gasteiger partial charge is 0.462 e. The highest BCUT2D eigenvalue weighted by Gasteiger charge is 2.30. The Morgan fingerprint density at radius 2 is 0.479 bits per heavy atom. The number of aliphatic hydroxyl groups is 1. The molecule has 0 spiro atoms. The zero-order valence-corrected chi connectivity index (χ0v) is 64.3.